The molecule has 1 unspecified atom stereocenters. The van der Waals surface area contributed by atoms with E-state index < -0.39 is 23.6 Å². The lowest BCUT2D eigenvalue weighted by Crippen LogP contribution is -2.65. The molecule has 0 spiro atoms. The van der Waals surface area contributed by atoms with E-state index in [9.17, 15) is 19.2 Å². The third kappa shape index (κ3) is 5.92. The molecule has 8 nitrogen and oxygen atoms in total. The molecule has 190 valence electrons. The van der Waals surface area contributed by atoms with Gasteiger partial charge in [-0.3, -0.25) is 14.4 Å². The van der Waals surface area contributed by atoms with Crippen LogP contribution in [0.2, 0.25) is 0 Å². The Labute approximate surface area is 207 Å². The van der Waals surface area contributed by atoms with Crippen LogP contribution in [0.5, 0.6) is 0 Å². The largest absolute Gasteiger partial charge is 0.467 e. The van der Waals surface area contributed by atoms with Gasteiger partial charge in [-0.1, -0.05) is 63.6 Å². The Kier molecular flexibility index (Phi) is 8.70. The summed E-state index contributed by atoms with van der Waals surface area (Å²) in [6.07, 6.45) is 4.67. The Morgan fingerprint density at radius 3 is 2.40 bits per heavy atom. The molecule has 1 N–H and O–H groups in total. The molecule has 2 fully saturated rings. The van der Waals surface area contributed by atoms with Crippen LogP contribution in [0.4, 0.5) is 0 Å². The van der Waals surface area contributed by atoms with Gasteiger partial charge in [0.2, 0.25) is 17.7 Å². The number of esters is 1. The lowest BCUT2D eigenvalue weighted by Gasteiger charge is -2.44. The van der Waals surface area contributed by atoms with Crippen LogP contribution < -0.4 is 5.32 Å². The van der Waals surface area contributed by atoms with E-state index in [1.165, 1.54) is 13.2 Å². The van der Waals surface area contributed by atoms with E-state index in [4.69, 9.17) is 4.74 Å². The number of nitrogens with zero attached hydrogens (tertiary/aromatic N) is 2. The van der Waals surface area contributed by atoms with Crippen LogP contribution in [0, 0.1) is 5.92 Å². The fourth-order valence-corrected chi connectivity index (χ4v) is 5.23. The lowest BCUT2D eigenvalue weighted by molar-refractivity contribution is -0.157. The first-order valence-corrected chi connectivity index (χ1v) is 12.4. The number of nitrogens with one attached hydrogen (secondary N) is 1. The minimum Gasteiger partial charge on any atom is -0.467 e. The predicted molar refractivity (Wildman–Crippen MR) is 132 cm³/mol. The molecule has 0 bridgehead atoms. The highest BCUT2D eigenvalue weighted by Gasteiger charge is 2.47. The molecule has 8 heteroatoms. The van der Waals surface area contributed by atoms with E-state index in [2.05, 4.69) is 11.9 Å². The van der Waals surface area contributed by atoms with Crippen molar-refractivity contribution in [2.75, 3.05) is 20.2 Å². The van der Waals surface area contributed by atoms with E-state index in [1.54, 1.807) is 9.80 Å². The quantitative estimate of drug-likeness (QED) is 0.430. The second-order valence-electron chi connectivity index (χ2n) is 9.89. The summed E-state index contributed by atoms with van der Waals surface area (Å²) in [5.41, 5.74) is -0.161. The normalized spacial score (nSPS) is 20.5. The van der Waals surface area contributed by atoms with Gasteiger partial charge in [0.1, 0.15) is 17.6 Å². The maximum absolute atomic E-state index is 13.8. The number of piperazine rings is 1. The minimum atomic E-state index is -1.07. The van der Waals surface area contributed by atoms with Crippen LogP contribution in [-0.2, 0) is 30.3 Å². The second-order valence-corrected chi connectivity index (χ2v) is 9.89. The highest BCUT2D eigenvalue weighted by atomic mass is 16.5. The highest BCUT2D eigenvalue weighted by molar-refractivity contribution is 5.97. The van der Waals surface area contributed by atoms with E-state index >= 15 is 0 Å². The summed E-state index contributed by atoms with van der Waals surface area (Å²) in [4.78, 5) is 55.8. The summed E-state index contributed by atoms with van der Waals surface area (Å²) in [5.74, 6) is -1.20. The van der Waals surface area contributed by atoms with Gasteiger partial charge in [-0.2, -0.15) is 0 Å². The van der Waals surface area contributed by atoms with Crippen molar-refractivity contribution in [2.24, 2.45) is 5.92 Å². The number of ether oxygens (including phenoxy) is 1. The number of hydrogen-bond acceptors (Lipinski definition) is 5. The fraction of sp³-hybridized carbons (Fsp3) is 0.556. The Bertz CT molecular complexity index is 939. The summed E-state index contributed by atoms with van der Waals surface area (Å²) in [6, 6.07) is 8.03. The molecular formula is C27H37N3O5. The smallest absolute Gasteiger partial charge is 0.331 e. The summed E-state index contributed by atoms with van der Waals surface area (Å²) >= 11 is 0. The number of hydrogen-bond donors (Lipinski definition) is 1. The van der Waals surface area contributed by atoms with E-state index in [0.29, 0.717) is 32.2 Å². The van der Waals surface area contributed by atoms with Gasteiger partial charge in [0.15, 0.2) is 0 Å². The molecule has 1 aliphatic carbocycles. The first-order valence-electron chi connectivity index (χ1n) is 12.4. The number of methoxy groups -OCH3 is 1. The molecule has 0 aromatic heterocycles. The number of amides is 3. The Hall–Kier alpha value is -3.16. The van der Waals surface area contributed by atoms with Gasteiger partial charge in [-0.15, -0.1) is 0 Å². The molecule has 2 atom stereocenters. The number of carbonyl (C=O) groups excluding carboxylic acids is 4. The van der Waals surface area contributed by atoms with E-state index in [-0.39, 0.29) is 30.2 Å². The van der Waals surface area contributed by atoms with E-state index in [1.807, 2.05) is 44.2 Å². The first-order chi connectivity index (χ1) is 16.7. The van der Waals surface area contributed by atoms with Gasteiger partial charge in [-0.25, -0.2) is 4.79 Å². The van der Waals surface area contributed by atoms with E-state index in [0.717, 1.165) is 18.4 Å². The number of carbonyl (C=O) groups is 4. The van der Waals surface area contributed by atoms with Crippen LogP contribution in [0.3, 0.4) is 0 Å². The van der Waals surface area contributed by atoms with Crippen molar-refractivity contribution in [1.82, 2.24) is 15.1 Å². The molecular weight excluding hydrogens is 446 g/mol. The van der Waals surface area contributed by atoms with Crippen molar-refractivity contribution < 1.29 is 23.9 Å². The van der Waals surface area contributed by atoms with Crippen LogP contribution in [-0.4, -0.2) is 71.3 Å². The van der Waals surface area contributed by atoms with Crippen molar-refractivity contribution in [3.63, 3.8) is 0 Å². The molecule has 35 heavy (non-hydrogen) atoms. The molecule has 1 aromatic rings. The van der Waals surface area contributed by atoms with Crippen molar-refractivity contribution in [2.45, 2.75) is 70.0 Å². The van der Waals surface area contributed by atoms with Gasteiger partial charge in [-0.05, 0) is 36.8 Å². The highest BCUT2D eigenvalue weighted by Crippen LogP contribution is 2.31. The third-order valence-corrected chi connectivity index (χ3v) is 7.02. The summed E-state index contributed by atoms with van der Waals surface area (Å²) < 4.78 is 5.03. The summed E-state index contributed by atoms with van der Waals surface area (Å²) in [6.45, 7) is 8.11. The standard InChI is InChI=1S/C27H37N3O5/c1-5-23(31)29-15-16-30(25(33)22(29)17-19(2)3)21(18-20-11-7-6-8-12-20)24(32)28-27(26(34)35-4)13-9-10-14-27/h5-8,11-12,19,21-22H,1,9-10,13-18H2,2-4H3,(H,28,32)/t21-,22?/m0/s1. The predicted octanol–water partition coefficient (Wildman–Crippen LogP) is 2.47. The molecule has 1 aliphatic heterocycles. The van der Waals surface area contributed by atoms with Crippen LogP contribution in [0.25, 0.3) is 0 Å². The van der Waals surface area contributed by atoms with Crippen LogP contribution in [0.1, 0.15) is 51.5 Å². The number of rotatable bonds is 9. The van der Waals surface area contributed by atoms with Crippen molar-refractivity contribution in [3.8, 4) is 0 Å². The topological polar surface area (TPSA) is 96.0 Å². The van der Waals surface area contributed by atoms with Crippen LogP contribution >= 0.6 is 0 Å². The molecule has 1 saturated heterocycles. The average Bonchev–Trinajstić information content (AvgIpc) is 3.33. The lowest BCUT2D eigenvalue weighted by atomic mass is 9.94. The number of benzene rings is 1. The van der Waals surface area contributed by atoms with Gasteiger partial charge in [0, 0.05) is 19.5 Å². The molecule has 1 saturated carbocycles. The van der Waals surface area contributed by atoms with Crippen molar-refractivity contribution in [1.29, 1.82) is 0 Å². The zero-order valence-corrected chi connectivity index (χ0v) is 21.0. The Balaban J connectivity index is 1.93. The van der Waals surface area contributed by atoms with Crippen molar-refractivity contribution in [3.05, 3.63) is 48.6 Å². The van der Waals surface area contributed by atoms with Gasteiger partial charge in [0.05, 0.1) is 7.11 Å². The Morgan fingerprint density at radius 2 is 1.83 bits per heavy atom. The zero-order chi connectivity index (χ0) is 25.6. The maximum Gasteiger partial charge on any atom is 0.331 e. The maximum atomic E-state index is 13.8. The summed E-state index contributed by atoms with van der Waals surface area (Å²) in [7, 11) is 1.33. The fourth-order valence-electron chi connectivity index (χ4n) is 5.23. The molecule has 3 amide bonds. The minimum absolute atomic E-state index is 0.173. The molecule has 1 heterocycles. The monoisotopic (exact) mass is 483 g/mol. The molecule has 1 aromatic carbocycles. The SMILES string of the molecule is C=CC(=O)N1CCN([C@@H](Cc2ccccc2)C(=O)NC2(C(=O)OC)CCCC2)C(=O)C1CC(C)C. The van der Waals surface area contributed by atoms with Crippen LogP contribution in [0.15, 0.2) is 43.0 Å². The second kappa shape index (κ2) is 11.5. The first kappa shape index (κ1) is 26.4. The Morgan fingerprint density at radius 1 is 1.17 bits per heavy atom. The van der Waals surface area contributed by atoms with Gasteiger partial charge < -0.3 is 19.9 Å². The molecule has 2 aliphatic rings. The van der Waals surface area contributed by atoms with Gasteiger partial charge >= 0.3 is 5.97 Å². The third-order valence-electron chi connectivity index (χ3n) is 7.02. The summed E-state index contributed by atoms with van der Waals surface area (Å²) in [5, 5.41) is 2.98. The molecule has 3 rings (SSSR count). The van der Waals surface area contributed by atoms with Crippen molar-refractivity contribution >= 4 is 23.7 Å². The van der Waals surface area contributed by atoms with Gasteiger partial charge in [0.25, 0.3) is 0 Å². The molecule has 0 radical (unpaired) electrons. The average molecular weight is 484 g/mol. The zero-order valence-electron chi connectivity index (χ0n) is 21.0.